The topological polar surface area (TPSA) is 54.5 Å². The standard InChI is InChI=1S/C18H20FN3O2/c19-15-5-1-2-6-17(15)24-11-7-18(23)22-10-9-21-13-16(22)14-4-3-8-20-12-14/h1-6,8,12,16,21H,7,9-11,13H2. The Labute approximate surface area is 140 Å². The molecule has 3 rings (SSSR count). The number of ether oxygens (including phenoxy) is 1. The number of amides is 1. The number of hydrogen-bond acceptors (Lipinski definition) is 4. The van der Waals surface area contributed by atoms with Crippen LogP contribution in [0.1, 0.15) is 18.0 Å². The van der Waals surface area contributed by atoms with Crippen LogP contribution in [0.2, 0.25) is 0 Å². The van der Waals surface area contributed by atoms with Gasteiger partial charge in [0.2, 0.25) is 5.91 Å². The lowest BCUT2D eigenvalue weighted by Crippen LogP contribution is -2.49. The van der Waals surface area contributed by atoms with Crippen LogP contribution in [0.25, 0.3) is 0 Å². The summed E-state index contributed by atoms with van der Waals surface area (Å²) < 4.78 is 18.9. The second-order valence-electron chi connectivity index (χ2n) is 5.62. The summed E-state index contributed by atoms with van der Waals surface area (Å²) in [5.41, 5.74) is 1.01. The van der Waals surface area contributed by atoms with E-state index in [0.29, 0.717) is 13.1 Å². The second-order valence-corrected chi connectivity index (χ2v) is 5.62. The Kier molecular flexibility index (Phi) is 5.38. The number of halogens is 1. The summed E-state index contributed by atoms with van der Waals surface area (Å²) in [5, 5.41) is 3.31. The second kappa shape index (κ2) is 7.88. The van der Waals surface area contributed by atoms with E-state index in [-0.39, 0.29) is 30.7 Å². The lowest BCUT2D eigenvalue weighted by Gasteiger charge is -2.36. The smallest absolute Gasteiger partial charge is 0.226 e. The first-order valence-corrected chi connectivity index (χ1v) is 8.03. The minimum Gasteiger partial charge on any atom is -0.490 e. The lowest BCUT2D eigenvalue weighted by molar-refractivity contribution is -0.135. The van der Waals surface area contributed by atoms with E-state index >= 15 is 0 Å². The summed E-state index contributed by atoms with van der Waals surface area (Å²) >= 11 is 0. The Bertz CT molecular complexity index is 681. The molecule has 1 fully saturated rings. The largest absolute Gasteiger partial charge is 0.490 e. The first kappa shape index (κ1) is 16.4. The van der Waals surface area contributed by atoms with Crippen LogP contribution in [0.15, 0.2) is 48.8 Å². The molecule has 1 atom stereocenters. The third-order valence-corrected chi connectivity index (χ3v) is 4.04. The van der Waals surface area contributed by atoms with Crippen molar-refractivity contribution in [1.82, 2.24) is 15.2 Å². The van der Waals surface area contributed by atoms with Gasteiger partial charge in [-0.1, -0.05) is 18.2 Å². The van der Waals surface area contributed by atoms with Crippen LogP contribution < -0.4 is 10.1 Å². The summed E-state index contributed by atoms with van der Waals surface area (Å²) in [6, 6.07) is 10.0. The van der Waals surface area contributed by atoms with Crippen molar-refractivity contribution >= 4 is 5.91 Å². The number of carbonyl (C=O) groups excluding carboxylic acids is 1. The molecule has 2 heterocycles. The van der Waals surface area contributed by atoms with Gasteiger partial charge >= 0.3 is 0 Å². The Morgan fingerprint density at radius 1 is 1.33 bits per heavy atom. The number of carbonyl (C=O) groups is 1. The van der Waals surface area contributed by atoms with Crippen LogP contribution in [0.5, 0.6) is 5.75 Å². The number of benzene rings is 1. The molecule has 1 aromatic heterocycles. The number of nitrogens with zero attached hydrogens (tertiary/aromatic N) is 2. The van der Waals surface area contributed by atoms with Crippen LogP contribution in [-0.2, 0) is 4.79 Å². The van der Waals surface area contributed by atoms with Gasteiger partial charge in [0.05, 0.1) is 19.1 Å². The number of rotatable bonds is 5. The van der Waals surface area contributed by atoms with Gasteiger partial charge in [0, 0.05) is 32.0 Å². The molecule has 126 valence electrons. The van der Waals surface area contributed by atoms with E-state index in [4.69, 9.17) is 4.74 Å². The van der Waals surface area contributed by atoms with Crippen molar-refractivity contribution in [2.45, 2.75) is 12.5 Å². The van der Waals surface area contributed by atoms with Gasteiger partial charge in [-0.3, -0.25) is 9.78 Å². The highest BCUT2D eigenvalue weighted by molar-refractivity contribution is 5.77. The Balaban J connectivity index is 1.59. The van der Waals surface area contributed by atoms with Gasteiger partial charge in [0.1, 0.15) is 0 Å². The zero-order valence-corrected chi connectivity index (χ0v) is 13.3. The van der Waals surface area contributed by atoms with Gasteiger partial charge in [0.15, 0.2) is 11.6 Å². The van der Waals surface area contributed by atoms with Crippen molar-refractivity contribution in [3.05, 3.63) is 60.2 Å². The fraction of sp³-hybridized carbons (Fsp3) is 0.333. The molecule has 2 aromatic rings. The molecule has 1 amide bonds. The molecule has 1 aromatic carbocycles. The van der Waals surface area contributed by atoms with Crippen LogP contribution in [0.4, 0.5) is 4.39 Å². The molecular weight excluding hydrogens is 309 g/mol. The molecule has 0 radical (unpaired) electrons. The third-order valence-electron chi connectivity index (χ3n) is 4.04. The van der Waals surface area contributed by atoms with Gasteiger partial charge < -0.3 is 15.0 Å². The average molecular weight is 329 g/mol. The highest BCUT2D eigenvalue weighted by Gasteiger charge is 2.27. The van der Waals surface area contributed by atoms with Gasteiger partial charge in [-0.25, -0.2) is 4.39 Å². The van der Waals surface area contributed by atoms with E-state index in [1.807, 2.05) is 17.0 Å². The van der Waals surface area contributed by atoms with Gasteiger partial charge in [-0.2, -0.15) is 0 Å². The zero-order valence-electron chi connectivity index (χ0n) is 13.3. The maximum atomic E-state index is 13.5. The molecule has 6 heteroatoms. The molecule has 1 N–H and O–H groups in total. The Morgan fingerprint density at radius 3 is 3.00 bits per heavy atom. The SMILES string of the molecule is O=C(CCOc1ccccc1F)N1CCNCC1c1cccnc1. The van der Waals surface area contributed by atoms with E-state index in [2.05, 4.69) is 10.3 Å². The predicted octanol–water partition coefficient (Wildman–Crippen LogP) is 2.16. The van der Waals surface area contributed by atoms with Crippen molar-refractivity contribution in [2.24, 2.45) is 0 Å². The number of hydrogen-bond donors (Lipinski definition) is 1. The number of para-hydroxylation sites is 1. The van der Waals surface area contributed by atoms with E-state index in [1.165, 1.54) is 6.07 Å². The van der Waals surface area contributed by atoms with Gasteiger partial charge in [0.25, 0.3) is 0 Å². The molecule has 24 heavy (non-hydrogen) atoms. The number of nitrogens with one attached hydrogen (secondary N) is 1. The van der Waals surface area contributed by atoms with Crippen molar-refractivity contribution in [1.29, 1.82) is 0 Å². The van der Waals surface area contributed by atoms with Crippen molar-refractivity contribution < 1.29 is 13.9 Å². The van der Waals surface area contributed by atoms with Crippen LogP contribution in [-0.4, -0.2) is 42.0 Å². The van der Waals surface area contributed by atoms with Crippen molar-refractivity contribution in [2.75, 3.05) is 26.2 Å². The summed E-state index contributed by atoms with van der Waals surface area (Å²) in [5.74, 6) is -0.239. The highest BCUT2D eigenvalue weighted by Crippen LogP contribution is 2.22. The Hall–Kier alpha value is -2.47. The van der Waals surface area contributed by atoms with E-state index in [0.717, 1.165) is 12.1 Å². The number of piperazine rings is 1. The first-order chi connectivity index (χ1) is 11.8. The van der Waals surface area contributed by atoms with Crippen molar-refractivity contribution in [3.8, 4) is 5.75 Å². The minimum absolute atomic E-state index is 0.00157. The normalized spacial score (nSPS) is 17.5. The average Bonchev–Trinajstić information content (AvgIpc) is 2.64. The molecule has 0 saturated carbocycles. The van der Waals surface area contributed by atoms with E-state index in [9.17, 15) is 9.18 Å². The van der Waals surface area contributed by atoms with Gasteiger partial charge in [-0.05, 0) is 23.8 Å². The molecular formula is C18H20FN3O2. The maximum Gasteiger partial charge on any atom is 0.226 e. The summed E-state index contributed by atoms with van der Waals surface area (Å²) in [6.07, 6.45) is 3.72. The quantitative estimate of drug-likeness (QED) is 0.913. The highest BCUT2D eigenvalue weighted by atomic mass is 19.1. The number of pyridine rings is 1. The fourth-order valence-electron chi connectivity index (χ4n) is 2.83. The lowest BCUT2D eigenvalue weighted by atomic mass is 10.0. The number of aromatic nitrogens is 1. The van der Waals surface area contributed by atoms with Crippen LogP contribution >= 0.6 is 0 Å². The molecule has 0 bridgehead atoms. The first-order valence-electron chi connectivity index (χ1n) is 8.03. The fourth-order valence-corrected chi connectivity index (χ4v) is 2.83. The van der Waals surface area contributed by atoms with Gasteiger partial charge in [-0.15, -0.1) is 0 Å². The summed E-state index contributed by atoms with van der Waals surface area (Å²) in [7, 11) is 0. The molecule has 1 aliphatic rings. The molecule has 1 unspecified atom stereocenters. The molecule has 0 aliphatic carbocycles. The van der Waals surface area contributed by atoms with Crippen molar-refractivity contribution in [3.63, 3.8) is 0 Å². The zero-order chi connectivity index (χ0) is 16.8. The predicted molar refractivity (Wildman–Crippen MR) is 88.1 cm³/mol. The van der Waals surface area contributed by atoms with Crippen LogP contribution in [0, 0.1) is 5.82 Å². The minimum atomic E-state index is -0.416. The summed E-state index contributed by atoms with van der Waals surface area (Å²) in [4.78, 5) is 18.5. The maximum absolute atomic E-state index is 13.5. The van der Waals surface area contributed by atoms with Crippen LogP contribution in [0.3, 0.4) is 0 Å². The Morgan fingerprint density at radius 2 is 2.21 bits per heavy atom. The molecule has 5 nitrogen and oxygen atoms in total. The molecule has 0 spiro atoms. The molecule has 1 saturated heterocycles. The monoisotopic (exact) mass is 329 g/mol. The molecule has 1 aliphatic heterocycles. The van der Waals surface area contributed by atoms with E-state index in [1.54, 1.807) is 30.6 Å². The summed E-state index contributed by atoms with van der Waals surface area (Å²) in [6.45, 7) is 2.25. The van der Waals surface area contributed by atoms with E-state index < -0.39 is 5.82 Å². The third kappa shape index (κ3) is 3.89.